The monoisotopic (exact) mass is 299 g/mol. The van der Waals surface area contributed by atoms with Crippen molar-refractivity contribution in [2.45, 2.75) is 32.5 Å². The number of thiophene rings is 1. The van der Waals surface area contributed by atoms with E-state index in [2.05, 4.69) is 24.4 Å². The van der Waals surface area contributed by atoms with Crippen LogP contribution in [0.1, 0.15) is 35.2 Å². The van der Waals surface area contributed by atoms with E-state index in [1.807, 2.05) is 6.92 Å². The highest BCUT2D eigenvalue weighted by Crippen LogP contribution is 2.31. The number of anilines is 1. The van der Waals surface area contributed by atoms with Gasteiger partial charge >= 0.3 is 6.18 Å². The van der Waals surface area contributed by atoms with E-state index >= 15 is 0 Å². The van der Waals surface area contributed by atoms with Gasteiger partial charge < -0.3 is 5.32 Å². The molecule has 0 amide bonds. The minimum Gasteiger partial charge on any atom is -0.378 e. The third kappa shape index (κ3) is 3.54. The lowest BCUT2D eigenvalue weighted by molar-refractivity contribution is -0.137. The molecule has 0 spiro atoms. The highest BCUT2D eigenvalue weighted by molar-refractivity contribution is 7.12. The van der Waals surface area contributed by atoms with E-state index in [0.29, 0.717) is 5.69 Å². The number of alkyl halides is 3. The van der Waals surface area contributed by atoms with Crippen LogP contribution in [0.2, 0.25) is 0 Å². The molecule has 0 aliphatic rings. The van der Waals surface area contributed by atoms with E-state index in [-0.39, 0.29) is 6.04 Å². The van der Waals surface area contributed by atoms with E-state index in [1.54, 1.807) is 11.3 Å². The van der Waals surface area contributed by atoms with Crippen LogP contribution in [-0.2, 0) is 12.6 Å². The molecule has 1 aromatic carbocycles. The molecule has 20 heavy (non-hydrogen) atoms. The molecule has 0 saturated carbocycles. The third-order valence-corrected chi connectivity index (χ3v) is 4.47. The van der Waals surface area contributed by atoms with Crippen LogP contribution in [0.5, 0.6) is 0 Å². The van der Waals surface area contributed by atoms with Crippen LogP contribution in [0, 0.1) is 0 Å². The maximum Gasteiger partial charge on any atom is 0.416 e. The number of rotatable bonds is 4. The Morgan fingerprint density at radius 1 is 1.10 bits per heavy atom. The average molecular weight is 299 g/mol. The number of halogens is 3. The molecule has 1 nitrogen and oxygen atoms in total. The summed E-state index contributed by atoms with van der Waals surface area (Å²) in [7, 11) is 0. The Morgan fingerprint density at radius 3 is 2.25 bits per heavy atom. The Balaban J connectivity index is 2.06. The van der Waals surface area contributed by atoms with Crippen molar-refractivity contribution in [3.05, 3.63) is 51.7 Å². The van der Waals surface area contributed by atoms with E-state index in [4.69, 9.17) is 0 Å². The Labute approximate surface area is 120 Å². The zero-order valence-electron chi connectivity index (χ0n) is 11.3. The summed E-state index contributed by atoms with van der Waals surface area (Å²) in [6.07, 6.45) is -3.29. The predicted molar refractivity (Wildman–Crippen MR) is 77.2 cm³/mol. The van der Waals surface area contributed by atoms with Gasteiger partial charge in [-0.3, -0.25) is 0 Å². The number of nitrogens with one attached hydrogen (secondary N) is 1. The average Bonchev–Trinajstić information content (AvgIpc) is 2.87. The Kier molecular flexibility index (Phi) is 4.38. The molecule has 1 atom stereocenters. The maximum atomic E-state index is 12.5. The molecule has 0 fully saturated rings. The Hall–Kier alpha value is -1.49. The van der Waals surface area contributed by atoms with Crippen LogP contribution in [0.25, 0.3) is 0 Å². The summed E-state index contributed by atoms with van der Waals surface area (Å²) in [6, 6.07) is 9.36. The van der Waals surface area contributed by atoms with Crippen LogP contribution in [-0.4, -0.2) is 0 Å². The second-order valence-corrected chi connectivity index (χ2v) is 5.80. The van der Waals surface area contributed by atoms with Crippen LogP contribution in [0.4, 0.5) is 18.9 Å². The van der Waals surface area contributed by atoms with Crippen LogP contribution < -0.4 is 5.32 Å². The zero-order valence-corrected chi connectivity index (χ0v) is 12.1. The van der Waals surface area contributed by atoms with Gasteiger partial charge in [-0.15, -0.1) is 11.3 Å². The summed E-state index contributed by atoms with van der Waals surface area (Å²) in [5, 5.41) is 3.22. The summed E-state index contributed by atoms with van der Waals surface area (Å²) in [6.45, 7) is 4.10. The first kappa shape index (κ1) is 14.9. The molecule has 0 saturated heterocycles. The topological polar surface area (TPSA) is 12.0 Å². The van der Waals surface area contributed by atoms with Gasteiger partial charge in [-0.25, -0.2) is 0 Å². The van der Waals surface area contributed by atoms with Gasteiger partial charge in [0.2, 0.25) is 0 Å². The standard InChI is InChI=1S/C15H16F3NS/c1-3-13-8-9-14(20-13)10(2)19-12-6-4-11(5-7-12)15(16,17)18/h4-10,19H,3H2,1-2H3. The van der Waals surface area contributed by atoms with E-state index in [9.17, 15) is 13.2 Å². The second kappa shape index (κ2) is 5.87. The molecule has 1 N–H and O–H groups in total. The summed E-state index contributed by atoms with van der Waals surface area (Å²) in [5.74, 6) is 0. The minimum atomic E-state index is -4.28. The highest BCUT2D eigenvalue weighted by Gasteiger charge is 2.29. The molecule has 0 bridgehead atoms. The van der Waals surface area contributed by atoms with Crippen molar-refractivity contribution in [3.8, 4) is 0 Å². The van der Waals surface area contributed by atoms with Crippen molar-refractivity contribution in [1.29, 1.82) is 0 Å². The Bertz CT molecular complexity index is 557. The number of hydrogen-bond donors (Lipinski definition) is 1. The SMILES string of the molecule is CCc1ccc(C(C)Nc2ccc(C(F)(F)F)cc2)s1. The molecule has 1 heterocycles. The van der Waals surface area contributed by atoms with Crippen molar-refractivity contribution in [3.63, 3.8) is 0 Å². The lowest BCUT2D eigenvalue weighted by atomic mass is 10.2. The molecule has 108 valence electrons. The predicted octanol–water partition coefficient (Wildman–Crippen LogP) is 5.50. The smallest absolute Gasteiger partial charge is 0.378 e. The second-order valence-electron chi connectivity index (χ2n) is 4.60. The van der Waals surface area contributed by atoms with Gasteiger partial charge in [0.05, 0.1) is 11.6 Å². The molecule has 0 radical (unpaired) electrons. The van der Waals surface area contributed by atoms with Gasteiger partial charge in [0.15, 0.2) is 0 Å². The number of aryl methyl sites for hydroxylation is 1. The van der Waals surface area contributed by atoms with Crippen molar-refractivity contribution in [2.75, 3.05) is 5.32 Å². The van der Waals surface area contributed by atoms with Gasteiger partial charge in [-0.2, -0.15) is 13.2 Å². The molecule has 1 unspecified atom stereocenters. The third-order valence-electron chi connectivity index (χ3n) is 3.05. The summed E-state index contributed by atoms with van der Waals surface area (Å²) in [4.78, 5) is 2.49. The fourth-order valence-corrected chi connectivity index (χ4v) is 2.85. The highest BCUT2D eigenvalue weighted by atomic mass is 32.1. The molecular weight excluding hydrogens is 283 g/mol. The number of hydrogen-bond acceptors (Lipinski definition) is 2. The first-order valence-corrected chi connectivity index (χ1v) is 7.24. The summed E-state index contributed by atoms with van der Waals surface area (Å²) in [5.41, 5.74) is 0.0667. The fraction of sp³-hybridized carbons (Fsp3) is 0.333. The zero-order chi connectivity index (χ0) is 14.8. The summed E-state index contributed by atoms with van der Waals surface area (Å²) < 4.78 is 37.4. The van der Waals surface area contributed by atoms with Crippen molar-refractivity contribution < 1.29 is 13.2 Å². The largest absolute Gasteiger partial charge is 0.416 e. The fourth-order valence-electron chi connectivity index (χ4n) is 1.89. The van der Waals surface area contributed by atoms with E-state index in [1.165, 1.54) is 21.9 Å². The van der Waals surface area contributed by atoms with E-state index < -0.39 is 11.7 Å². The van der Waals surface area contributed by atoms with Crippen LogP contribution in [0.15, 0.2) is 36.4 Å². The van der Waals surface area contributed by atoms with Gasteiger partial charge in [0.25, 0.3) is 0 Å². The van der Waals surface area contributed by atoms with Crippen LogP contribution >= 0.6 is 11.3 Å². The van der Waals surface area contributed by atoms with Gasteiger partial charge in [-0.05, 0) is 49.7 Å². The molecule has 1 aromatic heterocycles. The van der Waals surface area contributed by atoms with Crippen molar-refractivity contribution in [1.82, 2.24) is 0 Å². The maximum absolute atomic E-state index is 12.5. The quantitative estimate of drug-likeness (QED) is 0.785. The van der Waals surface area contributed by atoms with Gasteiger partial charge in [0.1, 0.15) is 0 Å². The number of benzene rings is 1. The van der Waals surface area contributed by atoms with Crippen molar-refractivity contribution >= 4 is 17.0 Å². The lowest BCUT2D eigenvalue weighted by Gasteiger charge is -2.14. The normalized spacial score (nSPS) is 13.2. The first-order chi connectivity index (χ1) is 9.40. The lowest BCUT2D eigenvalue weighted by Crippen LogP contribution is -2.07. The molecule has 2 rings (SSSR count). The van der Waals surface area contributed by atoms with Crippen molar-refractivity contribution in [2.24, 2.45) is 0 Å². The van der Waals surface area contributed by atoms with Gasteiger partial charge in [0, 0.05) is 15.4 Å². The molecular formula is C15H16F3NS. The molecule has 5 heteroatoms. The minimum absolute atomic E-state index is 0.0806. The molecule has 0 aliphatic heterocycles. The van der Waals surface area contributed by atoms with Crippen LogP contribution in [0.3, 0.4) is 0 Å². The first-order valence-electron chi connectivity index (χ1n) is 6.42. The van der Waals surface area contributed by atoms with Gasteiger partial charge in [-0.1, -0.05) is 6.92 Å². The summed E-state index contributed by atoms with van der Waals surface area (Å²) >= 11 is 1.73. The molecule has 2 aromatic rings. The van der Waals surface area contributed by atoms with E-state index in [0.717, 1.165) is 18.6 Å². The Morgan fingerprint density at radius 2 is 1.75 bits per heavy atom. The molecule has 0 aliphatic carbocycles.